The van der Waals surface area contributed by atoms with E-state index in [0.29, 0.717) is 0 Å². The Balaban J connectivity index is 3.43. The molecule has 0 aliphatic heterocycles. The third-order valence-electron chi connectivity index (χ3n) is 6.84. The van der Waals surface area contributed by atoms with Crippen LogP contribution in [0.5, 0.6) is 0 Å². The van der Waals surface area contributed by atoms with Crippen LogP contribution in [0.3, 0.4) is 0 Å². The highest BCUT2D eigenvalue weighted by Gasteiger charge is 1.97. The molecule has 0 aromatic rings. The molecule has 0 N–H and O–H groups in total. The van der Waals surface area contributed by atoms with Crippen molar-refractivity contribution in [1.29, 1.82) is 0 Å². The van der Waals surface area contributed by atoms with Gasteiger partial charge >= 0.3 is 0 Å². The zero-order valence-electron chi connectivity index (χ0n) is 22.9. The van der Waals surface area contributed by atoms with E-state index < -0.39 is 0 Å². The number of hydrogen-bond donors (Lipinski definition) is 0. The van der Waals surface area contributed by atoms with Crippen LogP contribution in [0.15, 0.2) is 23.8 Å². The van der Waals surface area contributed by atoms with Gasteiger partial charge in [-0.2, -0.15) is 0 Å². The van der Waals surface area contributed by atoms with E-state index in [9.17, 15) is 4.79 Å². The Labute approximate surface area is 209 Å². The molecule has 0 bridgehead atoms. The third-order valence-corrected chi connectivity index (χ3v) is 6.84. The minimum absolute atomic E-state index is 0.975. The van der Waals surface area contributed by atoms with E-state index in [0.717, 1.165) is 31.1 Å². The van der Waals surface area contributed by atoms with Crippen molar-refractivity contribution < 1.29 is 4.79 Å². The van der Waals surface area contributed by atoms with Crippen molar-refractivity contribution in [2.24, 2.45) is 0 Å². The van der Waals surface area contributed by atoms with Crippen LogP contribution in [0.25, 0.3) is 0 Å². The van der Waals surface area contributed by atoms with Gasteiger partial charge in [0.25, 0.3) is 0 Å². The molecule has 0 aliphatic rings. The number of carbonyl (C=O) groups excluding carboxylic acids is 1. The quantitative estimate of drug-likeness (QED) is 0.0515. The Morgan fingerprint density at radius 2 is 0.818 bits per heavy atom. The fourth-order valence-electron chi connectivity index (χ4n) is 4.53. The Bertz CT molecular complexity index is 434. The highest BCUT2D eigenvalue weighted by molar-refractivity contribution is 5.72. The molecule has 1 heteroatoms. The van der Waals surface area contributed by atoms with E-state index in [-0.39, 0.29) is 0 Å². The van der Waals surface area contributed by atoms with Crippen molar-refractivity contribution in [2.45, 2.75) is 174 Å². The lowest BCUT2D eigenvalue weighted by molar-refractivity contribution is -0.105. The van der Waals surface area contributed by atoms with Gasteiger partial charge in [-0.1, -0.05) is 141 Å². The van der Waals surface area contributed by atoms with Crippen LogP contribution < -0.4 is 0 Å². The second-order valence-corrected chi connectivity index (χ2v) is 10.2. The van der Waals surface area contributed by atoms with Gasteiger partial charge in [-0.15, -0.1) is 0 Å². The second-order valence-electron chi connectivity index (χ2n) is 10.2. The summed E-state index contributed by atoms with van der Waals surface area (Å²) in [5, 5.41) is 0. The van der Waals surface area contributed by atoms with Gasteiger partial charge in [0.1, 0.15) is 6.29 Å². The molecule has 0 atom stereocenters. The van der Waals surface area contributed by atoms with Gasteiger partial charge in [0.05, 0.1) is 0 Å². The summed E-state index contributed by atoms with van der Waals surface area (Å²) in [5.41, 5.74) is 1.04. The topological polar surface area (TPSA) is 17.1 Å². The summed E-state index contributed by atoms with van der Waals surface area (Å²) in [6.45, 7) is 4.56. The van der Waals surface area contributed by atoms with Crippen molar-refractivity contribution in [3.8, 4) is 0 Å². The summed E-state index contributed by atoms with van der Waals surface area (Å²) >= 11 is 0. The summed E-state index contributed by atoms with van der Waals surface area (Å²) in [6.07, 6.45) is 41.2. The molecule has 0 unspecified atom stereocenters. The molecular formula is C32H60O. The summed E-state index contributed by atoms with van der Waals surface area (Å²) in [7, 11) is 0. The molecule has 0 saturated heterocycles. The minimum Gasteiger partial charge on any atom is -0.298 e. The zero-order valence-corrected chi connectivity index (χ0v) is 22.9. The van der Waals surface area contributed by atoms with Gasteiger partial charge in [-0.3, -0.25) is 4.79 Å². The lowest BCUT2D eigenvalue weighted by atomic mass is 10.0. The highest BCUT2D eigenvalue weighted by Crippen LogP contribution is 2.14. The molecule has 0 amide bonds. The largest absolute Gasteiger partial charge is 0.298 e. The smallest absolute Gasteiger partial charge is 0.145 e. The number of rotatable bonds is 27. The Kier molecular flexibility index (Phi) is 28.4. The standard InChI is InChI=1S/C32H60O/c1-3-5-7-9-11-13-15-17-19-21-23-25-27-29-32(31-33)30-28-26-24-22-20-18-16-14-12-10-8-6-4-2/h17,19,30-31H,3-16,18,20-29H2,1-2H3. The molecule has 194 valence electrons. The number of allylic oxidation sites excluding steroid dienone is 4. The van der Waals surface area contributed by atoms with Gasteiger partial charge in [-0.05, 0) is 56.9 Å². The number of carbonyl (C=O) groups is 1. The van der Waals surface area contributed by atoms with Gasteiger partial charge in [0.15, 0.2) is 0 Å². The zero-order chi connectivity index (χ0) is 24.1. The van der Waals surface area contributed by atoms with Gasteiger partial charge in [-0.25, -0.2) is 0 Å². The van der Waals surface area contributed by atoms with Crippen LogP contribution in [0.2, 0.25) is 0 Å². The summed E-state index contributed by atoms with van der Waals surface area (Å²) in [5.74, 6) is 0. The fourth-order valence-corrected chi connectivity index (χ4v) is 4.53. The first-order chi connectivity index (χ1) is 16.3. The molecule has 0 aromatic carbocycles. The Morgan fingerprint density at radius 1 is 0.455 bits per heavy atom. The van der Waals surface area contributed by atoms with Crippen LogP contribution >= 0.6 is 0 Å². The minimum atomic E-state index is 0.975. The first-order valence-electron chi connectivity index (χ1n) is 15.1. The predicted molar refractivity (Wildman–Crippen MR) is 150 cm³/mol. The lowest BCUT2D eigenvalue weighted by Gasteiger charge is -2.03. The number of aldehydes is 1. The van der Waals surface area contributed by atoms with E-state index in [1.165, 1.54) is 141 Å². The summed E-state index contributed by atoms with van der Waals surface area (Å²) in [6, 6.07) is 0. The highest BCUT2D eigenvalue weighted by atomic mass is 16.1. The lowest BCUT2D eigenvalue weighted by Crippen LogP contribution is -1.87. The monoisotopic (exact) mass is 460 g/mol. The number of hydrogen-bond acceptors (Lipinski definition) is 1. The second kappa shape index (κ2) is 29.2. The molecule has 0 spiro atoms. The summed E-state index contributed by atoms with van der Waals surface area (Å²) in [4.78, 5) is 11.3. The first kappa shape index (κ1) is 32.1. The van der Waals surface area contributed by atoms with E-state index in [1.54, 1.807) is 0 Å². The molecule has 33 heavy (non-hydrogen) atoms. The van der Waals surface area contributed by atoms with Gasteiger partial charge in [0, 0.05) is 0 Å². The average Bonchev–Trinajstić information content (AvgIpc) is 2.83. The van der Waals surface area contributed by atoms with E-state index in [1.807, 2.05) is 0 Å². The van der Waals surface area contributed by atoms with E-state index >= 15 is 0 Å². The van der Waals surface area contributed by atoms with Crippen molar-refractivity contribution >= 4 is 6.29 Å². The maximum atomic E-state index is 11.3. The molecule has 0 aromatic heterocycles. The number of unbranched alkanes of at least 4 members (excludes halogenated alkanes) is 21. The van der Waals surface area contributed by atoms with Crippen LogP contribution in [-0.4, -0.2) is 6.29 Å². The van der Waals surface area contributed by atoms with Crippen LogP contribution in [0.1, 0.15) is 174 Å². The fraction of sp³-hybridized carbons (Fsp3) is 0.844. The summed E-state index contributed by atoms with van der Waals surface area (Å²) < 4.78 is 0. The van der Waals surface area contributed by atoms with E-state index in [2.05, 4.69) is 32.1 Å². The van der Waals surface area contributed by atoms with Crippen molar-refractivity contribution in [3.05, 3.63) is 23.8 Å². The molecule has 0 heterocycles. The van der Waals surface area contributed by atoms with Gasteiger partial charge < -0.3 is 0 Å². The van der Waals surface area contributed by atoms with Crippen molar-refractivity contribution in [2.75, 3.05) is 0 Å². The van der Waals surface area contributed by atoms with Gasteiger partial charge in [0.2, 0.25) is 0 Å². The van der Waals surface area contributed by atoms with Crippen LogP contribution in [0, 0.1) is 0 Å². The Morgan fingerprint density at radius 3 is 1.24 bits per heavy atom. The van der Waals surface area contributed by atoms with E-state index in [4.69, 9.17) is 0 Å². The molecule has 0 fully saturated rings. The molecule has 1 nitrogen and oxygen atoms in total. The predicted octanol–water partition coefficient (Wildman–Crippen LogP) is 11.5. The van der Waals surface area contributed by atoms with Crippen LogP contribution in [-0.2, 0) is 4.79 Å². The maximum absolute atomic E-state index is 11.3. The molecule has 0 rings (SSSR count). The normalized spacial score (nSPS) is 12.1. The third kappa shape index (κ3) is 27.3. The van der Waals surface area contributed by atoms with Crippen molar-refractivity contribution in [3.63, 3.8) is 0 Å². The average molecular weight is 461 g/mol. The molecule has 0 radical (unpaired) electrons. The molecule has 0 saturated carbocycles. The SMILES string of the molecule is CCCCCCCCC=CCCCCCC(C=O)=CCCCCCCCCCCCCCC. The maximum Gasteiger partial charge on any atom is 0.145 e. The first-order valence-corrected chi connectivity index (χ1v) is 15.1. The molecule has 0 aliphatic carbocycles. The molecular weight excluding hydrogens is 400 g/mol. The van der Waals surface area contributed by atoms with Crippen molar-refractivity contribution in [1.82, 2.24) is 0 Å². The van der Waals surface area contributed by atoms with Crippen LogP contribution in [0.4, 0.5) is 0 Å². The Hall–Kier alpha value is -0.850.